The van der Waals surface area contributed by atoms with Gasteiger partial charge in [0, 0.05) is 5.56 Å². The van der Waals surface area contributed by atoms with E-state index in [0.717, 1.165) is 29.3 Å². The molecule has 2 N–H and O–H groups in total. The van der Waals surface area contributed by atoms with Crippen LogP contribution in [0.4, 0.5) is 10.1 Å². The van der Waals surface area contributed by atoms with Crippen molar-refractivity contribution in [2.75, 3.05) is 25.6 Å². The number of ether oxygens (including phenoxy) is 1. The van der Waals surface area contributed by atoms with E-state index in [1.54, 1.807) is 24.1 Å². The van der Waals surface area contributed by atoms with E-state index >= 15 is 0 Å². The third-order valence-electron chi connectivity index (χ3n) is 4.90. The van der Waals surface area contributed by atoms with E-state index in [1.165, 1.54) is 50.0 Å². The third-order valence-corrected chi connectivity index (χ3v) is 4.90. The van der Waals surface area contributed by atoms with Gasteiger partial charge in [0.1, 0.15) is 18.1 Å². The number of anilines is 1. The topological polar surface area (TPSA) is 38.1 Å². The molecule has 1 aliphatic rings. The lowest BCUT2D eigenvalue weighted by Gasteiger charge is -2.24. The fourth-order valence-electron chi connectivity index (χ4n) is 3.38. The summed E-state index contributed by atoms with van der Waals surface area (Å²) < 4.78 is 18.5. The summed E-state index contributed by atoms with van der Waals surface area (Å²) in [5, 5.41) is 4.43. The highest BCUT2D eigenvalue weighted by Gasteiger charge is 2.17. The minimum absolute atomic E-state index is 0.253. The summed E-state index contributed by atoms with van der Waals surface area (Å²) in [6, 6.07) is 12.4. The van der Waals surface area contributed by atoms with Gasteiger partial charge < -0.3 is 9.64 Å². The summed E-state index contributed by atoms with van der Waals surface area (Å²) in [5.74, 6) is 0.683. The Kier molecular flexibility index (Phi) is 6.23. The Morgan fingerprint density at radius 1 is 1.12 bits per heavy atom. The molecule has 2 aromatic rings. The first kappa shape index (κ1) is 18.4. The largest absolute Gasteiger partial charge is 0.496 e. The molecule has 0 aliphatic carbocycles. The maximum absolute atomic E-state index is 13.0. The highest BCUT2D eigenvalue weighted by molar-refractivity contribution is 5.99. The van der Waals surface area contributed by atoms with Gasteiger partial charge in [0.2, 0.25) is 0 Å². The first-order chi connectivity index (χ1) is 12.7. The summed E-state index contributed by atoms with van der Waals surface area (Å²) in [5.41, 5.74) is 6.91. The van der Waals surface area contributed by atoms with Crippen LogP contribution >= 0.6 is 0 Å². The van der Waals surface area contributed by atoms with Gasteiger partial charge in [0.05, 0.1) is 31.6 Å². The third kappa shape index (κ3) is 4.82. The standard InChI is InChI=1S/C21H26FN3O/c1-16(23-24-20-9-7-19(22)8-10-20)17-6-11-21(26-2)18(14-17)15-25-12-4-3-5-13-25/h6-11,14,24H,3-5,12-13,15H2,1-2H3/p+1/b23-16-. The number of rotatable bonds is 6. The van der Waals surface area contributed by atoms with E-state index in [1.807, 2.05) is 19.1 Å². The average molecular weight is 356 g/mol. The maximum atomic E-state index is 13.0. The van der Waals surface area contributed by atoms with Crippen molar-refractivity contribution in [2.24, 2.45) is 5.10 Å². The number of benzene rings is 2. The molecule has 0 radical (unpaired) electrons. The molecule has 1 saturated heterocycles. The summed E-state index contributed by atoms with van der Waals surface area (Å²) in [6.45, 7) is 5.41. The fourth-order valence-corrected chi connectivity index (χ4v) is 3.38. The lowest BCUT2D eigenvalue weighted by molar-refractivity contribution is -0.918. The van der Waals surface area contributed by atoms with Crippen molar-refractivity contribution in [3.8, 4) is 5.75 Å². The SMILES string of the molecule is COc1ccc(/C(C)=N\Nc2ccc(F)cc2)cc1C[NH+]1CCCCC1. The number of hydrogen-bond acceptors (Lipinski definition) is 3. The second-order valence-electron chi connectivity index (χ2n) is 6.83. The first-order valence-electron chi connectivity index (χ1n) is 9.22. The lowest BCUT2D eigenvalue weighted by Crippen LogP contribution is -3.11. The van der Waals surface area contributed by atoms with Crippen molar-refractivity contribution in [1.82, 2.24) is 0 Å². The molecule has 0 bridgehead atoms. The second kappa shape index (κ2) is 8.81. The highest BCUT2D eigenvalue weighted by atomic mass is 19.1. The molecule has 0 unspecified atom stereocenters. The van der Waals surface area contributed by atoms with E-state index in [9.17, 15) is 4.39 Å². The van der Waals surface area contributed by atoms with Crippen molar-refractivity contribution in [1.29, 1.82) is 0 Å². The molecule has 138 valence electrons. The zero-order chi connectivity index (χ0) is 18.4. The van der Waals surface area contributed by atoms with Crippen molar-refractivity contribution >= 4 is 11.4 Å². The summed E-state index contributed by atoms with van der Waals surface area (Å²) >= 11 is 0. The molecule has 0 aromatic heterocycles. The van der Waals surface area contributed by atoms with Gasteiger partial charge >= 0.3 is 0 Å². The Hall–Kier alpha value is -2.40. The van der Waals surface area contributed by atoms with E-state index in [4.69, 9.17) is 4.74 Å². The predicted molar refractivity (Wildman–Crippen MR) is 103 cm³/mol. The van der Waals surface area contributed by atoms with Crippen molar-refractivity contribution in [2.45, 2.75) is 32.7 Å². The van der Waals surface area contributed by atoms with Gasteiger partial charge in [-0.05, 0) is 74.2 Å². The Labute approximate surface area is 154 Å². The molecule has 0 spiro atoms. The van der Waals surface area contributed by atoms with E-state index < -0.39 is 0 Å². The van der Waals surface area contributed by atoms with Crippen molar-refractivity contribution < 1.29 is 14.0 Å². The van der Waals surface area contributed by atoms with Crippen LogP contribution in [0.1, 0.15) is 37.3 Å². The molecule has 4 nitrogen and oxygen atoms in total. The predicted octanol–water partition coefficient (Wildman–Crippen LogP) is 3.24. The summed E-state index contributed by atoms with van der Waals surface area (Å²) in [4.78, 5) is 1.62. The van der Waals surface area contributed by atoms with Gasteiger partial charge in [0.25, 0.3) is 0 Å². The molecule has 1 aliphatic heterocycles. The monoisotopic (exact) mass is 356 g/mol. The molecule has 1 heterocycles. The Morgan fingerprint density at radius 2 is 1.85 bits per heavy atom. The minimum Gasteiger partial charge on any atom is -0.496 e. The smallest absolute Gasteiger partial charge is 0.127 e. The number of quaternary nitrogens is 1. The molecule has 5 heteroatoms. The van der Waals surface area contributed by atoms with Crippen LogP contribution in [0.3, 0.4) is 0 Å². The number of likely N-dealkylation sites (tertiary alicyclic amines) is 1. The number of methoxy groups -OCH3 is 1. The number of piperidine rings is 1. The number of hydrazone groups is 1. The van der Waals surface area contributed by atoms with E-state index in [0.29, 0.717) is 0 Å². The quantitative estimate of drug-likeness (QED) is 0.616. The van der Waals surface area contributed by atoms with Crippen molar-refractivity contribution in [3.05, 3.63) is 59.4 Å². The fraction of sp³-hybridized carbons (Fsp3) is 0.381. The second-order valence-corrected chi connectivity index (χ2v) is 6.83. The van der Waals surface area contributed by atoms with Gasteiger partial charge in [-0.3, -0.25) is 5.43 Å². The van der Waals surface area contributed by atoms with Crippen molar-refractivity contribution in [3.63, 3.8) is 0 Å². The van der Waals surface area contributed by atoms with Crippen LogP contribution in [0, 0.1) is 5.82 Å². The van der Waals surface area contributed by atoms with Crippen LogP contribution in [0.5, 0.6) is 5.75 Å². The average Bonchev–Trinajstić information content (AvgIpc) is 2.68. The van der Waals surface area contributed by atoms with Gasteiger partial charge in [-0.1, -0.05) is 0 Å². The van der Waals surface area contributed by atoms with Gasteiger partial charge in [-0.25, -0.2) is 4.39 Å². The van der Waals surface area contributed by atoms with E-state index in [2.05, 4.69) is 16.6 Å². The molecule has 0 amide bonds. The first-order valence-corrected chi connectivity index (χ1v) is 9.22. The Bertz CT molecular complexity index is 752. The van der Waals surface area contributed by atoms with Gasteiger partial charge in [-0.2, -0.15) is 5.10 Å². The zero-order valence-electron chi connectivity index (χ0n) is 15.5. The van der Waals surface area contributed by atoms with Crippen LogP contribution in [-0.2, 0) is 6.54 Å². The normalized spacial score (nSPS) is 15.7. The number of halogens is 1. The molecular formula is C21H27FN3O+. The molecule has 2 aromatic carbocycles. The molecule has 1 fully saturated rings. The van der Waals surface area contributed by atoms with Gasteiger partial charge in [-0.15, -0.1) is 0 Å². The lowest BCUT2D eigenvalue weighted by atomic mass is 10.0. The molecule has 0 saturated carbocycles. The van der Waals surface area contributed by atoms with E-state index in [-0.39, 0.29) is 5.82 Å². The summed E-state index contributed by atoms with van der Waals surface area (Å²) in [6.07, 6.45) is 3.96. The Morgan fingerprint density at radius 3 is 2.54 bits per heavy atom. The van der Waals surface area contributed by atoms with Gasteiger partial charge in [0.15, 0.2) is 0 Å². The number of hydrogen-bond donors (Lipinski definition) is 2. The molecule has 26 heavy (non-hydrogen) atoms. The maximum Gasteiger partial charge on any atom is 0.127 e. The number of nitrogens with one attached hydrogen (secondary N) is 2. The Balaban J connectivity index is 1.74. The van der Waals surface area contributed by atoms with Crippen LogP contribution < -0.4 is 15.1 Å². The van der Waals surface area contributed by atoms with Crippen LogP contribution in [0.15, 0.2) is 47.6 Å². The zero-order valence-corrected chi connectivity index (χ0v) is 15.5. The minimum atomic E-state index is -0.253. The van der Waals surface area contributed by atoms with Crippen LogP contribution in [0.25, 0.3) is 0 Å². The van der Waals surface area contributed by atoms with Crippen LogP contribution in [-0.4, -0.2) is 25.9 Å². The molecular weight excluding hydrogens is 329 g/mol. The summed E-state index contributed by atoms with van der Waals surface area (Å²) in [7, 11) is 1.72. The molecule has 0 atom stereocenters. The van der Waals surface area contributed by atoms with Crippen LogP contribution in [0.2, 0.25) is 0 Å². The highest BCUT2D eigenvalue weighted by Crippen LogP contribution is 2.20. The molecule has 3 rings (SSSR count). The number of nitrogens with zero attached hydrogens (tertiary/aromatic N) is 1.